The standard InChI is InChI=1S/C11H20BN3/c1-9-4-11(12)6-14-8-13-5-10(9)7-15(2)3/h5-6,9,11,13H,4,7-8H2,1-3H3/b10-5-,14-6?. The monoisotopic (exact) mass is 205 g/mol. The van der Waals surface area contributed by atoms with E-state index >= 15 is 0 Å². The van der Waals surface area contributed by atoms with Gasteiger partial charge in [-0.25, -0.2) is 0 Å². The number of aliphatic imine (C=N–C) groups is 1. The minimum Gasteiger partial charge on any atom is -0.372 e. The normalized spacial score (nSPS) is 31.1. The van der Waals surface area contributed by atoms with E-state index in [0.717, 1.165) is 13.0 Å². The van der Waals surface area contributed by atoms with Crippen molar-refractivity contribution in [3.05, 3.63) is 11.8 Å². The molecule has 0 saturated carbocycles. The van der Waals surface area contributed by atoms with Gasteiger partial charge in [0.2, 0.25) is 0 Å². The van der Waals surface area contributed by atoms with Crippen LogP contribution in [0.5, 0.6) is 0 Å². The third-order valence-electron chi connectivity index (χ3n) is 2.52. The molecule has 0 aromatic heterocycles. The maximum atomic E-state index is 5.94. The zero-order chi connectivity index (χ0) is 11.3. The minimum atomic E-state index is 0.0745. The van der Waals surface area contributed by atoms with Crippen LogP contribution in [0.2, 0.25) is 5.82 Å². The van der Waals surface area contributed by atoms with Crippen LogP contribution in [0.15, 0.2) is 16.8 Å². The fourth-order valence-corrected chi connectivity index (χ4v) is 1.75. The lowest BCUT2D eigenvalue weighted by Gasteiger charge is -2.20. The Bertz CT molecular complexity index is 248. The Balaban J connectivity index is 2.67. The first-order valence-corrected chi connectivity index (χ1v) is 5.42. The Labute approximate surface area is 94.1 Å². The van der Waals surface area contributed by atoms with E-state index in [9.17, 15) is 0 Å². The largest absolute Gasteiger partial charge is 0.372 e. The summed E-state index contributed by atoms with van der Waals surface area (Å²) in [7, 11) is 10.1. The van der Waals surface area contributed by atoms with Crippen LogP contribution in [-0.4, -0.2) is 46.3 Å². The molecule has 1 aliphatic heterocycles. The summed E-state index contributed by atoms with van der Waals surface area (Å²) >= 11 is 0. The second-order valence-corrected chi connectivity index (χ2v) is 4.45. The molecule has 2 radical (unpaired) electrons. The Hall–Kier alpha value is -0.765. The molecule has 0 aliphatic carbocycles. The van der Waals surface area contributed by atoms with E-state index < -0.39 is 0 Å². The topological polar surface area (TPSA) is 27.6 Å². The van der Waals surface area contributed by atoms with Gasteiger partial charge in [-0.1, -0.05) is 6.92 Å². The van der Waals surface area contributed by atoms with Gasteiger partial charge in [-0.3, -0.25) is 4.99 Å². The number of rotatable bonds is 2. The number of hydrogen-bond donors (Lipinski definition) is 1. The molecule has 2 atom stereocenters. The lowest BCUT2D eigenvalue weighted by Crippen LogP contribution is -2.21. The molecule has 82 valence electrons. The average molecular weight is 205 g/mol. The molecule has 0 spiro atoms. The van der Waals surface area contributed by atoms with Crippen molar-refractivity contribution in [2.45, 2.75) is 19.2 Å². The van der Waals surface area contributed by atoms with Crippen molar-refractivity contribution in [1.29, 1.82) is 0 Å². The van der Waals surface area contributed by atoms with E-state index in [0.29, 0.717) is 12.6 Å². The van der Waals surface area contributed by atoms with E-state index in [1.807, 2.05) is 6.21 Å². The highest BCUT2D eigenvalue weighted by atomic mass is 15.1. The second-order valence-electron chi connectivity index (χ2n) is 4.45. The molecule has 3 nitrogen and oxygen atoms in total. The molecular weight excluding hydrogens is 185 g/mol. The van der Waals surface area contributed by atoms with Crippen LogP contribution < -0.4 is 5.32 Å². The molecule has 15 heavy (non-hydrogen) atoms. The fourth-order valence-electron chi connectivity index (χ4n) is 1.75. The van der Waals surface area contributed by atoms with Gasteiger partial charge in [0.25, 0.3) is 0 Å². The predicted molar refractivity (Wildman–Crippen MR) is 66.4 cm³/mol. The molecule has 1 N–H and O–H groups in total. The fraction of sp³-hybridized carbons (Fsp3) is 0.727. The Morgan fingerprint density at radius 3 is 3.00 bits per heavy atom. The highest BCUT2D eigenvalue weighted by Gasteiger charge is 2.13. The van der Waals surface area contributed by atoms with Crippen LogP contribution in [-0.2, 0) is 0 Å². The van der Waals surface area contributed by atoms with Crippen molar-refractivity contribution < 1.29 is 0 Å². The van der Waals surface area contributed by atoms with Crippen LogP contribution in [0, 0.1) is 5.92 Å². The van der Waals surface area contributed by atoms with Crippen molar-refractivity contribution in [1.82, 2.24) is 10.2 Å². The highest BCUT2D eigenvalue weighted by Crippen LogP contribution is 2.21. The van der Waals surface area contributed by atoms with Crippen molar-refractivity contribution in [3.63, 3.8) is 0 Å². The van der Waals surface area contributed by atoms with E-state index in [1.54, 1.807) is 0 Å². The molecule has 0 aromatic carbocycles. The summed E-state index contributed by atoms with van der Waals surface area (Å²) in [4.78, 5) is 6.38. The quantitative estimate of drug-likeness (QED) is 0.682. The molecule has 0 amide bonds. The van der Waals surface area contributed by atoms with Crippen LogP contribution in [0.1, 0.15) is 13.3 Å². The predicted octanol–water partition coefficient (Wildman–Crippen LogP) is 1.05. The SMILES string of the molecule is [B]C1C=NCN/C=C(/CN(C)C)C(C)C1. The summed E-state index contributed by atoms with van der Waals surface area (Å²) < 4.78 is 0. The number of likely N-dealkylation sites (N-methyl/N-ethyl adjacent to an activating group) is 1. The molecule has 0 bridgehead atoms. The van der Waals surface area contributed by atoms with E-state index in [4.69, 9.17) is 7.85 Å². The lowest BCUT2D eigenvalue weighted by atomic mass is 9.79. The summed E-state index contributed by atoms with van der Waals surface area (Å²) in [5, 5.41) is 3.19. The first-order valence-electron chi connectivity index (χ1n) is 5.42. The maximum absolute atomic E-state index is 5.94. The third-order valence-corrected chi connectivity index (χ3v) is 2.52. The average Bonchev–Trinajstić information content (AvgIpc) is 2.19. The Morgan fingerprint density at radius 2 is 2.33 bits per heavy atom. The van der Waals surface area contributed by atoms with Gasteiger partial charge >= 0.3 is 0 Å². The van der Waals surface area contributed by atoms with Crippen LogP contribution >= 0.6 is 0 Å². The van der Waals surface area contributed by atoms with Crippen molar-refractivity contribution in [3.8, 4) is 0 Å². The highest BCUT2D eigenvalue weighted by molar-refractivity contribution is 6.20. The van der Waals surface area contributed by atoms with Gasteiger partial charge in [0.05, 0.1) is 7.85 Å². The van der Waals surface area contributed by atoms with Crippen molar-refractivity contribution in [2.24, 2.45) is 10.9 Å². The molecule has 2 unspecified atom stereocenters. The molecule has 0 fully saturated rings. The number of nitrogens with zero attached hydrogens (tertiary/aromatic N) is 2. The smallest absolute Gasteiger partial charge is 0.106 e. The molecule has 0 saturated heterocycles. The maximum Gasteiger partial charge on any atom is 0.106 e. The van der Waals surface area contributed by atoms with Gasteiger partial charge in [0, 0.05) is 6.54 Å². The first-order chi connectivity index (χ1) is 7.09. The van der Waals surface area contributed by atoms with E-state index in [-0.39, 0.29) is 5.82 Å². The van der Waals surface area contributed by atoms with Gasteiger partial charge in [0.15, 0.2) is 0 Å². The molecule has 1 heterocycles. The summed E-state index contributed by atoms with van der Waals surface area (Å²) in [6.45, 7) is 3.81. The molecule has 1 rings (SSSR count). The third kappa shape index (κ3) is 4.52. The van der Waals surface area contributed by atoms with E-state index in [1.165, 1.54) is 5.57 Å². The summed E-state index contributed by atoms with van der Waals surface area (Å²) in [6, 6.07) is 0. The molecular formula is C11H20BN3. The molecule has 4 heteroatoms. The van der Waals surface area contributed by atoms with Gasteiger partial charge in [0.1, 0.15) is 6.67 Å². The van der Waals surface area contributed by atoms with Gasteiger partial charge in [-0.15, -0.1) is 0 Å². The van der Waals surface area contributed by atoms with Gasteiger partial charge in [-0.2, -0.15) is 0 Å². The van der Waals surface area contributed by atoms with Crippen LogP contribution in [0.25, 0.3) is 0 Å². The van der Waals surface area contributed by atoms with Crippen LogP contribution in [0.3, 0.4) is 0 Å². The summed E-state index contributed by atoms with van der Waals surface area (Å²) in [5.74, 6) is 0.574. The van der Waals surface area contributed by atoms with Crippen LogP contribution in [0.4, 0.5) is 0 Å². The number of hydrogen-bond acceptors (Lipinski definition) is 3. The zero-order valence-electron chi connectivity index (χ0n) is 9.90. The zero-order valence-corrected chi connectivity index (χ0v) is 9.90. The Morgan fingerprint density at radius 1 is 1.60 bits per heavy atom. The van der Waals surface area contributed by atoms with Crippen molar-refractivity contribution in [2.75, 3.05) is 27.3 Å². The second kappa shape index (κ2) is 5.96. The number of nitrogens with one attached hydrogen (secondary N) is 1. The summed E-state index contributed by atoms with van der Waals surface area (Å²) in [5.41, 5.74) is 1.39. The molecule has 1 aliphatic rings. The first kappa shape index (κ1) is 12.3. The van der Waals surface area contributed by atoms with E-state index in [2.05, 4.69) is 42.4 Å². The Kier molecular flexibility index (Phi) is 4.89. The minimum absolute atomic E-state index is 0.0745. The van der Waals surface area contributed by atoms with Crippen molar-refractivity contribution >= 4 is 14.1 Å². The summed E-state index contributed by atoms with van der Waals surface area (Å²) in [6.07, 6.45) is 4.89. The lowest BCUT2D eigenvalue weighted by molar-refractivity contribution is 0.418. The van der Waals surface area contributed by atoms with Gasteiger partial charge in [-0.05, 0) is 50.2 Å². The molecule has 0 aromatic rings. The van der Waals surface area contributed by atoms with Gasteiger partial charge < -0.3 is 10.2 Å².